The summed E-state index contributed by atoms with van der Waals surface area (Å²) in [6.45, 7) is 0. The van der Waals surface area contributed by atoms with Crippen LogP contribution >= 0.6 is 0 Å². The maximum atomic E-state index is 13.2. The fraction of sp³-hybridized carbons (Fsp3) is 0. The quantitative estimate of drug-likeness (QED) is 0.706. The largest absolute Gasteiger partial charge is 0.380 e. The second-order valence-electron chi connectivity index (χ2n) is 2.54. The van der Waals surface area contributed by atoms with E-state index in [1.54, 1.807) is 0 Å². The van der Waals surface area contributed by atoms with E-state index in [0.717, 1.165) is 6.20 Å². The summed E-state index contributed by atoms with van der Waals surface area (Å²) in [5.74, 6) is -1.57. The van der Waals surface area contributed by atoms with Crippen LogP contribution in [-0.4, -0.2) is 20.4 Å². The lowest BCUT2D eigenvalue weighted by atomic mass is 10.2. The number of nitrogen functional groups attached to an aromatic ring is 1. The van der Waals surface area contributed by atoms with Gasteiger partial charge >= 0.3 is 0 Å². The third-order valence-corrected chi connectivity index (χ3v) is 1.61. The maximum Gasteiger partial charge on any atom is 0.175 e. The highest BCUT2D eigenvalue weighted by Crippen LogP contribution is 2.21. The van der Waals surface area contributed by atoms with Gasteiger partial charge in [0.25, 0.3) is 0 Å². The SMILES string of the molecule is Nc1n[nH]nc1-c1ncc(F)cc1F. The molecular formula is C7H5F2N5. The van der Waals surface area contributed by atoms with Crippen LogP contribution in [-0.2, 0) is 0 Å². The van der Waals surface area contributed by atoms with Crippen LogP contribution in [0.25, 0.3) is 11.4 Å². The number of aromatic amines is 1. The smallest absolute Gasteiger partial charge is 0.175 e. The maximum absolute atomic E-state index is 13.2. The van der Waals surface area contributed by atoms with Crippen molar-refractivity contribution in [3.05, 3.63) is 23.9 Å². The number of nitrogens with one attached hydrogen (secondary N) is 1. The average molecular weight is 197 g/mol. The average Bonchev–Trinajstić information content (AvgIpc) is 2.52. The molecule has 7 heteroatoms. The summed E-state index contributed by atoms with van der Waals surface area (Å²) in [6.07, 6.45) is 0.881. The summed E-state index contributed by atoms with van der Waals surface area (Å²) in [6, 6.07) is 0.705. The van der Waals surface area contributed by atoms with Crippen LogP contribution in [0.3, 0.4) is 0 Å². The lowest BCUT2D eigenvalue weighted by Gasteiger charge is -1.97. The van der Waals surface area contributed by atoms with E-state index in [-0.39, 0.29) is 17.2 Å². The lowest BCUT2D eigenvalue weighted by molar-refractivity contribution is 0.575. The highest BCUT2D eigenvalue weighted by atomic mass is 19.1. The molecule has 0 amide bonds. The molecule has 0 aromatic carbocycles. The van der Waals surface area contributed by atoms with Crippen molar-refractivity contribution in [3.63, 3.8) is 0 Å². The molecule has 0 spiro atoms. The normalized spacial score (nSPS) is 10.4. The molecule has 3 N–H and O–H groups in total. The van der Waals surface area contributed by atoms with Crippen LogP contribution in [0.2, 0.25) is 0 Å². The zero-order valence-corrected chi connectivity index (χ0v) is 6.83. The van der Waals surface area contributed by atoms with Gasteiger partial charge in [-0.25, -0.2) is 13.8 Å². The first-order valence-electron chi connectivity index (χ1n) is 3.66. The summed E-state index contributed by atoms with van der Waals surface area (Å²) in [5.41, 5.74) is 5.32. The number of anilines is 1. The van der Waals surface area contributed by atoms with Gasteiger partial charge < -0.3 is 5.73 Å². The number of aromatic nitrogens is 4. The minimum absolute atomic E-state index is 0.0167. The number of nitrogens with two attached hydrogens (primary N) is 1. The summed E-state index contributed by atoms with van der Waals surface area (Å²) in [4.78, 5) is 3.53. The summed E-state index contributed by atoms with van der Waals surface area (Å²) in [7, 11) is 0. The van der Waals surface area contributed by atoms with Gasteiger partial charge in [0.15, 0.2) is 17.3 Å². The Morgan fingerprint density at radius 1 is 1.21 bits per heavy atom. The van der Waals surface area contributed by atoms with E-state index in [0.29, 0.717) is 6.07 Å². The van der Waals surface area contributed by atoms with Crippen molar-refractivity contribution in [2.45, 2.75) is 0 Å². The molecule has 0 aliphatic carbocycles. The first-order valence-corrected chi connectivity index (χ1v) is 3.66. The monoisotopic (exact) mass is 197 g/mol. The molecule has 0 aliphatic rings. The number of pyridine rings is 1. The van der Waals surface area contributed by atoms with Gasteiger partial charge in [-0.05, 0) is 0 Å². The minimum atomic E-state index is -0.828. The Bertz CT molecular complexity index is 467. The molecule has 5 nitrogen and oxygen atoms in total. The van der Waals surface area contributed by atoms with Crippen molar-refractivity contribution >= 4 is 5.82 Å². The molecule has 0 aliphatic heterocycles. The van der Waals surface area contributed by atoms with Crippen LogP contribution < -0.4 is 5.73 Å². The highest BCUT2D eigenvalue weighted by molar-refractivity contribution is 5.65. The summed E-state index contributed by atoms with van der Waals surface area (Å²) >= 11 is 0. The lowest BCUT2D eigenvalue weighted by Crippen LogP contribution is -1.95. The Morgan fingerprint density at radius 3 is 2.57 bits per heavy atom. The van der Waals surface area contributed by atoms with Gasteiger partial charge in [-0.15, -0.1) is 5.10 Å². The number of nitrogens with zero attached hydrogens (tertiary/aromatic N) is 3. The molecule has 0 saturated carbocycles. The Morgan fingerprint density at radius 2 is 2.00 bits per heavy atom. The third-order valence-electron chi connectivity index (χ3n) is 1.61. The van der Waals surface area contributed by atoms with Gasteiger partial charge in [-0.2, -0.15) is 10.3 Å². The minimum Gasteiger partial charge on any atom is -0.380 e. The molecule has 2 heterocycles. The van der Waals surface area contributed by atoms with Crippen molar-refractivity contribution in [3.8, 4) is 11.4 Å². The molecular weight excluding hydrogens is 192 g/mol. The molecule has 72 valence electrons. The van der Waals surface area contributed by atoms with Crippen molar-refractivity contribution < 1.29 is 8.78 Å². The second-order valence-corrected chi connectivity index (χ2v) is 2.54. The van der Waals surface area contributed by atoms with Crippen LogP contribution in [0.1, 0.15) is 0 Å². The molecule has 14 heavy (non-hydrogen) atoms. The predicted octanol–water partition coefficient (Wildman–Crippen LogP) is 0.727. The molecule has 0 radical (unpaired) electrons. The van der Waals surface area contributed by atoms with Crippen molar-refractivity contribution in [2.24, 2.45) is 0 Å². The van der Waals surface area contributed by atoms with Crippen LogP contribution in [0.5, 0.6) is 0 Å². The van der Waals surface area contributed by atoms with E-state index in [1.807, 2.05) is 0 Å². The first-order chi connectivity index (χ1) is 6.68. The van der Waals surface area contributed by atoms with Crippen LogP contribution in [0, 0.1) is 11.6 Å². The second kappa shape index (κ2) is 3.02. The van der Waals surface area contributed by atoms with Crippen LogP contribution in [0.4, 0.5) is 14.6 Å². The summed E-state index contributed by atoms with van der Waals surface area (Å²) in [5, 5.41) is 9.30. The first kappa shape index (κ1) is 8.54. The third kappa shape index (κ3) is 1.28. The van der Waals surface area contributed by atoms with E-state index in [2.05, 4.69) is 20.4 Å². The highest BCUT2D eigenvalue weighted by Gasteiger charge is 2.14. The zero-order chi connectivity index (χ0) is 10.1. The van der Waals surface area contributed by atoms with E-state index < -0.39 is 11.6 Å². The summed E-state index contributed by atoms with van der Waals surface area (Å²) < 4.78 is 25.7. The number of hydrogen-bond donors (Lipinski definition) is 2. The topological polar surface area (TPSA) is 80.5 Å². The van der Waals surface area contributed by atoms with Gasteiger partial charge in [0.2, 0.25) is 0 Å². The molecule has 2 aromatic rings. The van der Waals surface area contributed by atoms with Gasteiger partial charge in [0, 0.05) is 6.07 Å². The Kier molecular flexibility index (Phi) is 1.84. The van der Waals surface area contributed by atoms with E-state index in [4.69, 9.17) is 5.73 Å². The van der Waals surface area contributed by atoms with E-state index >= 15 is 0 Å². The number of rotatable bonds is 1. The van der Waals surface area contributed by atoms with Crippen molar-refractivity contribution in [1.82, 2.24) is 20.4 Å². The number of halogens is 2. The molecule has 0 fully saturated rings. The number of H-pyrrole nitrogens is 1. The zero-order valence-electron chi connectivity index (χ0n) is 6.83. The molecule has 2 aromatic heterocycles. The standard InChI is InChI=1S/C7H5F2N5/c8-3-1-4(9)5(11-2-3)6-7(10)13-14-12-6/h1-2H,(H3,10,12,13,14). The fourth-order valence-electron chi connectivity index (χ4n) is 1.00. The fourth-order valence-corrected chi connectivity index (χ4v) is 1.00. The Labute approximate surface area is 77.0 Å². The Balaban J connectivity index is 2.58. The molecule has 2 rings (SSSR count). The van der Waals surface area contributed by atoms with Gasteiger partial charge in [-0.1, -0.05) is 0 Å². The van der Waals surface area contributed by atoms with E-state index in [1.165, 1.54) is 0 Å². The van der Waals surface area contributed by atoms with Gasteiger partial charge in [-0.3, -0.25) is 0 Å². The molecule has 0 saturated heterocycles. The predicted molar refractivity (Wildman–Crippen MR) is 43.9 cm³/mol. The van der Waals surface area contributed by atoms with Crippen LogP contribution in [0.15, 0.2) is 12.3 Å². The van der Waals surface area contributed by atoms with Gasteiger partial charge in [0.1, 0.15) is 11.5 Å². The van der Waals surface area contributed by atoms with Crippen molar-refractivity contribution in [1.29, 1.82) is 0 Å². The van der Waals surface area contributed by atoms with Crippen molar-refractivity contribution in [2.75, 3.05) is 5.73 Å². The van der Waals surface area contributed by atoms with Gasteiger partial charge in [0.05, 0.1) is 6.20 Å². The molecule has 0 bridgehead atoms. The number of hydrogen-bond acceptors (Lipinski definition) is 4. The Hall–Kier alpha value is -2.05. The van der Waals surface area contributed by atoms with E-state index in [9.17, 15) is 8.78 Å². The molecule has 0 atom stereocenters. The molecule has 0 unspecified atom stereocenters.